The highest BCUT2D eigenvalue weighted by Gasteiger charge is 2.29. The maximum Gasteiger partial charge on any atom is 0.225 e. The summed E-state index contributed by atoms with van der Waals surface area (Å²) in [5.41, 5.74) is 11.2. The number of hydrogen-bond acceptors (Lipinski definition) is 10. The number of benzene rings is 1. The summed E-state index contributed by atoms with van der Waals surface area (Å²) in [6.45, 7) is 5.15. The number of hydrazine groups is 2. The summed E-state index contributed by atoms with van der Waals surface area (Å²) in [5.74, 6) is 2.34. The number of aromatic nitrogens is 2. The van der Waals surface area contributed by atoms with Gasteiger partial charge in [0.25, 0.3) is 0 Å². The Balaban J connectivity index is 1.22. The van der Waals surface area contributed by atoms with Gasteiger partial charge in [-0.3, -0.25) is 10.3 Å². The van der Waals surface area contributed by atoms with E-state index in [0.717, 1.165) is 81.5 Å². The number of nitrogens with two attached hydrogens (primary N) is 1. The maximum atomic E-state index is 6.04. The highest BCUT2D eigenvalue weighted by molar-refractivity contribution is 5.76. The first kappa shape index (κ1) is 22.1. The third kappa shape index (κ3) is 5.30. The van der Waals surface area contributed by atoms with Gasteiger partial charge in [0, 0.05) is 38.8 Å². The van der Waals surface area contributed by atoms with Gasteiger partial charge in [-0.1, -0.05) is 0 Å². The zero-order valence-corrected chi connectivity index (χ0v) is 19.2. The second-order valence-corrected chi connectivity index (χ2v) is 8.93. The van der Waals surface area contributed by atoms with Crippen LogP contribution in [0.3, 0.4) is 0 Å². The topological polar surface area (TPSA) is 104 Å². The van der Waals surface area contributed by atoms with Gasteiger partial charge in [0.1, 0.15) is 18.0 Å². The molecule has 5 rings (SSSR count). The number of anilines is 4. The fourth-order valence-corrected chi connectivity index (χ4v) is 4.59. The molecule has 0 amide bonds. The molecule has 1 aliphatic carbocycles. The smallest absolute Gasteiger partial charge is 0.225 e. The van der Waals surface area contributed by atoms with Crippen LogP contribution in [0.2, 0.25) is 0 Å². The first-order valence-electron chi connectivity index (χ1n) is 11.9. The lowest BCUT2D eigenvalue weighted by molar-refractivity contribution is 0.0322. The van der Waals surface area contributed by atoms with E-state index in [2.05, 4.69) is 32.8 Å². The van der Waals surface area contributed by atoms with Crippen molar-refractivity contribution in [2.45, 2.75) is 37.8 Å². The van der Waals surface area contributed by atoms with Crippen LogP contribution in [0.4, 0.5) is 23.1 Å². The third-order valence-electron chi connectivity index (χ3n) is 6.52. The number of fused-ring (bicyclic) bond motifs is 1. The Bertz CT molecular complexity index is 913. The van der Waals surface area contributed by atoms with Gasteiger partial charge >= 0.3 is 0 Å². The summed E-state index contributed by atoms with van der Waals surface area (Å²) < 4.78 is 11.4. The Morgan fingerprint density at radius 2 is 1.91 bits per heavy atom. The largest absolute Gasteiger partial charge is 0.492 e. The molecule has 1 aromatic carbocycles. The Hall–Kier alpha value is -2.66. The average Bonchev–Trinajstić information content (AvgIpc) is 3.17. The van der Waals surface area contributed by atoms with E-state index in [9.17, 15) is 0 Å². The van der Waals surface area contributed by atoms with Crippen LogP contribution in [0.1, 0.15) is 25.7 Å². The third-order valence-corrected chi connectivity index (χ3v) is 6.52. The predicted octanol–water partition coefficient (Wildman–Crippen LogP) is 2.19. The quantitative estimate of drug-likeness (QED) is 0.577. The second-order valence-electron chi connectivity index (χ2n) is 8.93. The Morgan fingerprint density at radius 3 is 2.67 bits per heavy atom. The van der Waals surface area contributed by atoms with Crippen LogP contribution >= 0.6 is 0 Å². The molecular formula is C23H34N8O2. The van der Waals surface area contributed by atoms with Crippen LogP contribution in [-0.2, 0) is 4.74 Å². The molecule has 3 heterocycles. The van der Waals surface area contributed by atoms with Crippen LogP contribution in [0.15, 0.2) is 30.5 Å². The van der Waals surface area contributed by atoms with Gasteiger partial charge in [0.2, 0.25) is 5.95 Å². The molecule has 3 aliphatic rings. The maximum absolute atomic E-state index is 6.04. The zero-order valence-electron chi connectivity index (χ0n) is 19.2. The van der Waals surface area contributed by atoms with Crippen molar-refractivity contribution >= 4 is 23.1 Å². The first-order chi connectivity index (χ1) is 16.2. The Morgan fingerprint density at radius 1 is 1.15 bits per heavy atom. The molecule has 0 atom stereocenters. The van der Waals surface area contributed by atoms with E-state index in [1.165, 1.54) is 0 Å². The predicted molar refractivity (Wildman–Crippen MR) is 129 cm³/mol. The summed E-state index contributed by atoms with van der Waals surface area (Å²) in [7, 11) is 1.96. The minimum atomic E-state index is 0.323. The van der Waals surface area contributed by atoms with E-state index >= 15 is 0 Å². The molecular weight excluding hydrogens is 420 g/mol. The minimum Gasteiger partial charge on any atom is -0.492 e. The van der Waals surface area contributed by atoms with Gasteiger partial charge in [-0.15, -0.1) is 5.12 Å². The molecule has 10 nitrogen and oxygen atoms in total. The molecule has 1 saturated heterocycles. The van der Waals surface area contributed by atoms with Crippen molar-refractivity contribution in [2.75, 3.05) is 62.3 Å². The van der Waals surface area contributed by atoms with Crippen molar-refractivity contribution in [3.63, 3.8) is 0 Å². The SMILES string of the molecule is CN1Nc2cnc(NC3CCC(N)CC3)nc2N1c1ccc(OCCN2CCOCC2)cc1. The number of nitrogens with zero attached hydrogens (tertiary/aromatic N) is 5. The van der Waals surface area contributed by atoms with Gasteiger partial charge in [0.15, 0.2) is 5.82 Å². The molecule has 0 spiro atoms. The van der Waals surface area contributed by atoms with Crippen molar-refractivity contribution in [3.05, 3.63) is 30.5 Å². The van der Waals surface area contributed by atoms with Gasteiger partial charge in [-0.05, 0) is 49.9 Å². The highest BCUT2D eigenvalue weighted by atomic mass is 16.5. The van der Waals surface area contributed by atoms with Crippen LogP contribution in [0, 0.1) is 0 Å². The highest BCUT2D eigenvalue weighted by Crippen LogP contribution is 2.37. The summed E-state index contributed by atoms with van der Waals surface area (Å²) in [6.07, 6.45) is 6.02. The molecule has 2 fully saturated rings. The fraction of sp³-hybridized carbons (Fsp3) is 0.565. The number of morpholine rings is 1. The summed E-state index contributed by atoms with van der Waals surface area (Å²) in [5, 5.41) is 7.45. The average molecular weight is 455 g/mol. The molecule has 0 unspecified atom stereocenters. The normalized spacial score (nSPS) is 23.8. The van der Waals surface area contributed by atoms with Crippen molar-refractivity contribution in [1.29, 1.82) is 0 Å². The van der Waals surface area contributed by atoms with E-state index in [-0.39, 0.29) is 0 Å². The molecule has 2 aromatic rings. The Labute approximate surface area is 195 Å². The molecule has 10 heteroatoms. The first-order valence-corrected chi connectivity index (χ1v) is 11.9. The molecule has 2 aliphatic heterocycles. The molecule has 0 bridgehead atoms. The van der Waals surface area contributed by atoms with E-state index in [1.807, 2.05) is 35.5 Å². The molecule has 1 aromatic heterocycles. The zero-order chi connectivity index (χ0) is 22.6. The van der Waals surface area contributed by atoms with Crippen LogP contribution in [-0.4, -0.2) is 78.6 Å². The van der Waals surface area contributed by atoms with Crippen molar-refractivity contribution < 1.29 is 9.47 Å². The van der Waals surface area contributed by atoms with E-state index in [1.54, 1.807) is 0 Å². The van der Waals surface area contributed by atoms with E-state index in [0.29, 0.717) is 24.6 Å². The van der Waals surface area contributed by atoms with Crippen molar-refractivity contribution in [1.82, 2.24) is 20.0 Å². The van der Waals surface area contributed by atoms with Gasteiger partial charge in [0.05, 0.1) is 25.1 Å². The molecule has 0 radical (unpaired) electrons. The standard InChI is InChI=1S/C23H34N8O2/c1-29-28-21-16-25-23(26-18-4-2-17(24)3-5-18)27-22(21)31(29)19-6-8-20(9-7-19)33-15-12-30-10-13-32-14-11-30/h6-9,16-18,28H,2-5,10-15,24H2,1H3,(H,25,26,27). The molecule has 1 saturated carbocycles. The molecule has 4 N–H and O–H groups in total. The molecule has 33 heavy (non-hydrogen) atoms. The van der Waals surface area contributed by atoms with Crippen LogP contribution in [0.5, 0.6) is 5.75 Å². The number of ether oxygens (including phenoxy) is 2. The lowest BCUT2D eigenvalue weighted by Gasteiger charge is -2.27. The summed E-state index contributed by atoms with van der Waals surface area (Å²) in [6, 6.07) is 8.81. The number of hydrogen-bond donors (Lipinski definition) is 3. The summed E-state index contributed by atoms with van der Waals surface area (Å²) >= 11 is 0. The Kier molecular flexibility index (Phi) is 6.77. The van der Waals surface area contributed by atoms with Gasteiger partial charge in [-0.2, -0.15) is 4.98 Å². The number of rotatable bonds is 7. The van der Waals surface area contributed by atoms with Crippen LogP contribution in [0.25, 0.3) is 0 Å². The van der Waals surface area contributed by atoms with Crippen LogP contribution < -0.4 is 26.2 Å². The second kappa shape index (κ2) is 10.1. The molecule has 178 valence electrons. The summed E-state index contributed by atoms with van der Waals surface area (Å²) in [4.78, 5) is 11.7. The number of nitrogens with one attached hydrogen (secondary N) is 2. The van der Waals surface area contributed by atoms with Gasteiger partial charge in [-0.25, -0.2) is 9.99 Å². The van der Waals surface area contributed by atoms with E-state index in [4.69, 9.17) is 20.2 Å². The van der Waals surface area contributed by atoms with Crippen molar-refractivity contribution in [2.24, 2.45) is 5.73 Å². The van der Waals surface area contributed by atoms with E-state index < -0.39 is 0 Å². The lowest BCUT2D eigenvalue weighted by atomic mass is 9.92. The lowest BCUT2D eigenvalue weighted by Crippen LogP contribution is -2.38. The minimum absolute atomic E-state index is 0.323. The monoisotopic (exact) mass is 454 g/mol. The van der Waals surface area contributed by atoms with Crippen molar-refractivity contribution in [3.8, 4) is 5.75 Å². The fourth-order valence-electron chi connectivity index (χ4n) is 4.59. The van der Waals surface area contributed by atoms with Gasteiger partial charge < -0.3 is 20.5 Å².